The Morgan fingerprint density at radius 2 is 1.55 bits per heavy atom. The summed E-state index contributed by atoms with van der Waals surface area (Å²) in [7, 11) is 0. The number of ether oxygens (including phenoxy) is 1. The molecule has 2 heteroatoms. The first-order valence-corrected chi connectivity index (χ1v) is 7.81. The predicted molar refractivity (Wildman–Crippen MR) is 88.6 cm³/mol. The molecule has 0 aliphatic carbocycles. The fourth-order valence-electron chi connectivity index (χ4n) is 2.23. The van der Waals surface area contributed by atoms with Crippen molar-refractivity contribution in [3.8, 4) is 0 Å². The fourth-order valence-corrected chi connectivity index (χ4v) is 2.54. The third kappa shape index (κ3) is 5.03. The highest BCUT2D eigenvalue weighted by atomic mass is 32.1. The topological polar surface area (TPSA) is 9.23 Å². The van der Waals surface area contributed by atoms with E-state index in [1.54, 1.807) is 0 Å². The molecule has 20 heavy (non-hydrogen) atoms. The smallest absolute Gasteiger partial charge is 0.0542 e. The van der Waals surface area contributed by atoms with E-state index in [1.807, 2.05) is 6.07 Å². The molecular formula is C18H22OS. The quantitative estimate of drug-likeness (QED) is 0.561. The Morgan fingerprint density at radius 3 is 2.20 bits per heavy atom. The Balaban J connectivity index is 1.67. The lowest BCUT2D eigenvalue weighted by Crippen LogP contribution is -2.10. The molecule has 0 aliphatic heterocycles. The van der Waals surface area contributed by atoms with Crippen LogP contribution >= 0.6 is 12.6 Å². The lowest BCUT2D eigenvalue weighted by Gasteiger charge is -2.15. The highest BCUT2D eigenvalue weighted by Gasteiger charge is 2.09. The average molecular weight is 286 g/mol. The standard InChI is InChI=1S/C18H22OS/c20-15-18(17-11-5-2-6-12-17)14-19-13-7-10-16-8-3-1-4-9-16/h1-6,8-9,11-12,18,20H,7,10,13-15H2. The Labute approximate surface area is 127 Å². The molecule has 0 aromatic heterocycles. The monoisotopic (exact) mass is 286 g/mol. The molecule has 0 bridgehead atoms. The van der Waals surface area contributed by atoms with Crippen molar-refractivity contribution in [2.75, 3.05) is 19.0 Å². The number of aryl methyl sites for hydroxylation is 1. The third-order valence-electron chi connectivity index (χ3n) is 3.41. The minimum Gasteiger partial charge on any atom is -0.381 e. The number of thiol groups is 1. The van der Waals surface area contributed by atoms with Crippen LogP contribution in [-0.2, 0) is 11.2 Å². The normalized spacial score (nSPS) is 12.2. The molecule has 2 rings (SSSR count). The van der Waals surface area contributed by atoms with Crippen molar-refractivity contribution in [3.63, 3.8) is 0 Å². The third-order valence-corrected chi connectivity index (χ3v) is 3.85. The summed E-state index contributed by atoms with van der Waals surface area (Å²) in [6.45, 7) is 1.56. The van der Waals surface area contributed by atoms with Gasteiger partial charge in [-0.2, -0.15) is 12.6 Å². The van der Waals surface area contributed by atoms with E-state index in [0.717, 1.165) is 31.8 Å². The van der Waals surface area contributed by atoms with E-state index in [1.165, 1.54) is 11.1 Å². The second-order valence-electron chi connectivity index (χ2n) is 4.95. The van der Waals surface area contributed by atoms with Crippen molar-refractivity contribution in [2.45, 2.75) is 18.8 Å². The van der Waals surface area contributed by atoms with E-state index in [2.05, 4.69) is 67.2 Å². The molecule has 1 atom stereocenters. The van der Waals surface area contributed by atoms with Crippen LogP contribution < -0.4 is 0 Å². The summed E-state index contributed by atoms with van der Waals surface area (Å²) in [4.78, 5) is 0. The van der Waals surface area contributed by atoms with Crippen molar-refractivity contribution in [2.24, 2.45) is 0 Å². The molecule has 0 heterocycles. The van der Waals surface area contributed by atoms with Crippen LogP contribution in [0.3, 0.4) is 0 Å². The molecule has 0 saturated heterocycles. The molecule has 0 aliphatic rings. The lowest BCUT2D eigenvalue weighted by atomic mass is 10.0. The van der Waals surface area contributed by atoms with Gasteiger partial charge in [0.25, 0.3) is 0 Å². The van der Waals surface area contributed by atoms with Crippen LogP contribution in [0.1, 0.15) is 23.5 Å². The van der Waals surface area contributed by atoms with E-state index in [0.29, 0.717) is 5.92 Å². The van der Waals surface area contributed by atoms with Crippen LogP contribution in [-0.4, -0.2) is 19.0 Å². The zero-order valence-electron chi connectivity index (χ0n) is 11.7. The van der Waals surface area contributed by atoms with Gasteiger partial charge in [0.15, 0.2) is 0 Å². The molecule has 0 amide bonds. The molecule has 0 spiro atoms. The van der Waals surface area contributed by atoms with Gasteiger partial charge in [-0.3, -0.25) is 0 Å². The predicted octanol–water partition coefficient (Wildman–Crippen LogP) is 4.35. The second-order valence-corrected chi connectivity index (χ2v) is 5.32. The summed E-state index contributed by atoms with van der Waals surface area (Å²) in [5.74, 6) is 1.21. The summed E-state index contributed by atoms with van der Waals surface area (Å²) in [6.07, 6.45) is 2.15. The van der Waals surface area contributed by atoms with E-state index in [9.17, 15) is 0 Å². The van der Waals surface area contributed by atoms with Crippen molar-refractivity contribution in [1.29, 1.82) is 0 Å². The van der Waals surface area contributed by atoms with Crippen molar-refractivity contribution in [3.05, 3.63) is 71.8 Å². The van der Waals surface area contributed by atoms with Gasteiger partial charge in [0.1, 0.15) is 0 Å². The van der Waals surface area contributed by atoms with Gasteiger partial charge < -0.3 is 4.74 Å². The molecule has 106 valence electrons. The minimum atomic E-state index is 0.385. The van der Waals surface area contributed by atoms with Gasteiger partial charge in [-0.1, -0.05) is 60.7 Å². The van der Waals surface area contributed by atoms with E-state index >= 15 is 0 Å². The summed E-state index contributed by atoms with van der Waals surface area (Å²) in [5, 5.41) is 0. The van der Waals surface area contributed by atoms with Gasteiger partial charge in [0.05, 0.1) is 6.61 Å². The first-order chi connectivity index (χ1) is 9.90. The molecule has 0 fully saturated rings. The fraction of sp³-hybridized carbons (Fsp3) is 0.333. The largest absolute Gasteiger partial charge is 0.381 e. The molecule has 2 aromatic rings. The Hall–Kier alpha value is -1.25. The van der Waals surface area contributed by atoms with Crippen LogP contribution in [0.4, 0.5) is 0 Å². The first kappa shape index (κ1) is 15.1. The highest BCUT2D eigenvalue weighted by Crippen LogP contribution is 2.17. The van der Waals surface area contributed by atoms with Crippen LogP contribution in [0.5, 0.6) is 0 Å². The molecular weight excluding hydrogens is 264 g/mol. The van der Waals surface area contributed by atoms with Gasteiger partial charge in [0, 0.05) is 12.5 Å². The van der Waals surface area contributed by atoms with Crippen LogP contribution in [0, 0.1) is 0 Å². The van der Waals surface area contributed by atoms with E-state index in [-0.39, 0.29) is 0 Å². The Kier molecular flexibility index (Phi) is 6.69. The zero-order chi connectivity index (χ0) is 14.0. The van der Waals surface area contributed by atoms with E-state index < -0.39 is 0 Å². The van der Waals surface area contributed by atoms with Crippen LogP contribution in [0.25, 0.3) is 0 Å². The van der Waals surface area contributed by atoms with Gasteiger partial charge in [0.2, 0.25) is 0 Å². The maximum atomic E-state index is 5.81. The summed E-state index contributed by atoms with van der Waals surface area (Å²) in [5.41, 5.74) is 2.69. The second kappa shape index (κ2) is 8.83. The molecule has 0 radical (unpaired) electrons. The van der Waals surface area contributed by atoms with Crippen molar-refractivity contribution < 1.29 is 4.74 Å². The Morgan fingerprint density at radius 1 is 0.900 bits per heavy atom. The number of hydrogen-bond acceptors (Lipinski definition) is 2. The van der Waals surface area contributed by atoms with Crippen molar-refractivity contribution >= 4 is 12.6 Å². The minimum absolute atomic E-state index is 0.385. The number of benzene rings is 2. The van der Waals surface area contributed by atoms with Gasteiger partial charge in [-0.15, -0.1) is 0 Å². The summed E-state index contributed by atoms with van der Waals surface area (Å²) in [6, 6.07) is 21.0. The molecule has 1 unspecified atom stereocenters. The van der Waals surface area contributed by atoms with Gasteiger partial charge in [-0.05, 0) is 29.7 Å². The van der Waals surface area contributed by atoms with Crippen molar-refractivity contribution in [1.82, 2.24) is 0 Å². The zero-order valence-corrected chi connectivity index (χ0v) is 12.6. The highest BCUT2D eigenvalue weighted by molar-refractivity contribution is 7.80. The molecule has 0 saturated carbocycles. The molecule has 2 aromatic carbocycles. The van der Waals surface area contributed by atoms with Crippen LogP contribution in [0.2, 0.25) is 0 Å². The number of hydrogen-bond donors (Lipinski definition) is 1. The van der Waals surface area contributed by atoms with E-state index in [4.69, 9.17) is 4.74 Å². The lowest BCUT2D eigenvalue weighted by molar-refractivity contribution is 0.122. The maximum absolute atomic E-state index is 5.81. The number of rotatable bonds is 8. The first-order valence-electron chi connectivity index (χ1n) is 7.17. The van der Waals surface area contributed by atoms with Gasteiger partial charge in [-0.25, -0.2) is 0 Å². The van der Waals surface area contributed by atoms with Gasteiger partial charge >= 0.3 is 0 Å². The van der Waals surface area contributed by atoms with Crippen LogP contribution in [0.15, 0.2) is 60.7 Å². The molecule has 0 N–H and O–H groups in total. The maximum Gasteiger partial charge on any atom is 0.0542 e. The summed E-state index contributed by atoms with van der Waals surface area (Å²) >= 11 is 4.43. The SMILES string of the molecule is SCC(COCCCc1ccccc1)c1ccccc1. The average Bonchev–Trinajstić information content (AvgIpc) is 2.53. The summed E-state index contributed by atoms with van der Waals surface area (Å²) < 4.78 is 5.81. The molecule has 1 nitrogen and oxygen atoms in total. The Bertz CT molecular complexity index is 469.